The Morgan fingerprint density at radius 3 is 2.66 bits per heavy atom. The number of hydrogen-bond donors (Lipinski definition) is 2. The van der Waals surface area contributed by atoms with E-state index in [1.165, 1.54) is 6.07 Å². The van der Waals surface area contributed by atoms with E-state index in [0.29, 0.717) is 27.5 Å². The molecule has 0 aromatic heterocycles. The lowest BCUT2D eigenvalue weighted by molar-refractivity contribution is -0.146. The van der Waals surface area contributed by atoms with Gasteiger partial charge in [0.2, 0.25) is 0 Å². The molecular weight excluding hydrogens is 397 g/mol. The summed E-state index contributed by atoms with van der Waals surface area (Å²) in [5, 5.41) is 16.2. The smallest absolute Gasteiger partial charge is 0.358 e. The quantitative estimate of drug-likeness (QED) is 0.338. The first-order chi connectivity index (χ1) is 13.7. The number of rotatable bonds is 3. The Bertz CT molecular complexity index is 999. The van der Waals surface area contributed by atoms with Gasteiger partial charge in [-0.3, -0.25) is 4.99 Å². The van der Waals surface area contributed by atoms with Crippen LogP contribution in [0.15, 0.2) is 52.6 Å². The molecule has 3 rings (SSSR count). The lowest BCUT2D eigenvalue weighted by Crippen LogP contribution is -2.41. The number of benzene rings is 2. The van der Waals surface area contributed by atoms with Crippen LogP contribution in [0.1, 0.15) is 31.9 Å². The number of benzodiazepines with no additional fused rings is 1. The lowest BCUT2D eigenvalue weighted by atomic mass is 10.00. The zero-order valence-corrected chi connectivity index (χ0v) is 17.0. The van der Waals surface area contributed by atoms with Crippen molar-refractivity contribution in [1.29, 1.82) is 0 Å². The Kier molecular flexibility index (Phi) is 5.88. The summed E-state index contributed by atoms with van der Waals surface area (Å²) in [6.07, 6.45) is 0. The maximum Gasteiger partial charge on any atom is 0.358 e. The molecule has 0 saturated carbocycles. The average Bonchev–Trinajstić information content (AvgIpc) is 2.81. The molecule has 2 aromatic rings. The fourth-order valence-electron chi connectivity index (χ4n) is 2.96. The number of oxime groups is 1. The highest BCUT2D eigenvalue weighted by atomic mass is 35.5. The van der Waals surface area contributed by atoms with Gasteiger partial charge in [-0.05, 0) is 51.1 Å². The van der Waals surface area contributed by atoms with E-state index in [0.717, 1.165) is 0 Å². The van der Waals surface area contributed by atoms with Crippen molar-refractivity contribution in [2.45, 2.75) is 32.4 Å². The highest BCUT2D eigenvalue weighted by Crippen LogP contribution is 2.28. The minimum absolute atomic E-state index is 0.0224. The van der Waals surface area contributed by atoms with Gasteiger partial charge in [0, 0.05) is 21.8 Å². The van der Waals surface area contributed by atoms with E-state index in [1.807, 2.05) is 0 Å². The number of carbonyl (C=O) groups excluding carboxylic acids is 1. The highest BCUT2D eigenvalue weighted by molar-refractivity contribution is 6.39. The van der Waals surface area contributed by atoms with Crippen molar-refractivity contribution in [2.24, 2.45) is 10.1 Å². The summed E-state index contributed by atoms with van der Waals surface area (Å²) in [7, 11) is 0. The topological polar surface area (TPSA) is 83.3 Å². The number of carbonyl (C=O) groups is 1. The summed E-state index contributed by atoms with van der Waals surface area (Å²) in [6.45, 7) is 5.17. The van der Waals surface area contributed by atoms with Gasteiger partial charge in [0.05, 0.1) is 18.3 Å². The Morgan fingerprint density at radius 2 is 2.00 bits per heavy atom. The van der Waals surface area contributed by atoms with Gasteiger partial charge in [0.15, 0.2) is 5.71 Å². The molecule has 2 aromatic carbocycles. The summed E-state index contributed by atoms with van der Waals surface area (Å²) in [4.78, 5) is 17.0. The fraction of sp³-hybridized carbons (Fsp3) is 0.286. The van der Waals surface area contributed by atoms with E-state index >= 15 is 0 Å². The minimum atomic E-state index is -0.779. The molecule has 1 atom stereocenters. The molecule has 0 saturated heterocycles. The van der Waals surface area contributed by atoms with Crippen molar-refractivity contribution in [3.8, 4) is 0 Å². The molecule has 2 N–H and O–H groups in total. The maximum absolute atomic E-state index is 14.5. The third-order valence-electron chi connectivity index (χ3n) is 4.17. The monoisotopic (exact) mass is 417 g/mol. The van der Waals surface area contributed by atoms with Crippen LogP contribution in [0.2, 0.25) is 5.02 Å². The van der Waals surface area contributed by atoms with Crippen LogP contribution in [0.3, 0.4) is 0 Å². The first kappa shape index (κ1) is 20.8. The second kappa shape index (κ2) is 8.21. The maximum atomic E-state index is 14.5. The Morgan fingerprint density at radius 1 is 1.28 bits per heavy atom. The van der Waals surface area contributed by atoms with Gasteiger partial charge in [0.25, 0.3) is 0 Å². The van der Waals surface area contributed by atoms with Gasteiger partial charge in [-0.15, -0.1) is 0 Å². The summed E-state index contributed by atoms with van der Waals surface area (Å²) in [5.74, 6) is -1.20. The number of esters is 1. The zero-order valence-electron chi connectivity index (χ0n) is 16.2. The second-order valence-corrected chi connectivity index (χ2v) is 7.98. The number of ether oxygens (including phenoxy) is 1. The number of hydrogen-bond acceptors (Lipinski definition) is 6. The largest absolute Gasteiger partial charge is 0.455 e. The first-order valence-corrected chi connectivity index (χ1v) is 9.38. The molecule has 0 bridgehead atoms. The van der Waals surface area contributed by atoms with Gasteiger partial charge < -0.3 is 15.3 Å². The zero-order chi connectivity index (χ0) is 21.2. The summed E-state index contributed by atoms with van der Waals surface area (Å²) in [5.41, 5.74) is 0.856. The molecule has 1 unspecified atom stereocenters. The predicted octanol–water partition coefficient (Wildman–Crippen LogP) is 4.28. The Balaban J connectivity index is 2.05. The van der Waals surface area contributed by atoms with E-state index in [1.54, 1.807) is 57.2 Å². The number of nitrogens with one attached hydrogen (secondary N) is 1. The fourth-order valence-corrected chi connectivity index (χ4v) is 3.13. The van der Waals surface area contributed by atoms with Crippen molar-refractivity contribution in [3.05, 3.63) is 64.4 Å². The van der Waals surface area contributed by atoms with Crippen LogP contribution in [0.25, 0.3) is 0 Å². The summed E-state index contributed by atoms with van der Waals surface area (Å²) in [6, 6.07) is 10.5. The molecule has 0 amide bonds. The number of aliphatic imine (C=N–C) groups is 1. The highest BCUT2D eigenvalue weighted by Gasteiger charge is 2.31. The number of halogens is 2. The van der Waals surface area contributed by atoms with Crippen LogP contribution < -0.4 is 5.32 Å². The number of nitrogens with zero attached hydrogens (tertiary/aromatic N) is 2. The van der Waals surface area contributed by atoms with Gasteiger partial charge in [0.1, 0.15) is 11.4 Å². The normalized spacial score (nSPS) is 16.9. The van der Waals surface area contributed by atoms with Gasteiger partial charge in [-0.1, -0.05) is 28.9 Å². The third kappa shape index (κ3) is 4.74. The minimum Gasteiger partial charge on any atom is -0.455 e. The van der Waals surface area contributed by atoms with E-state index in [9.17, 15) is 14.4 Å². The molecule has 1 aliphatic heterocycles. The van der Waals surface area contributed by atoms with Crippen molar-refractivity contribution in [3.63, 3.8) is 0 Å². The number of fused-ring (bicyclic) bond motifs is 1. The summed E-state index contributed by atoms with van der Waals surface area (Å²) < 4.78 is 19.8. The lowest BCUT2D eigenvalue weighted by Gasteiger charge is -2.23. The standard InChI is InChI=1S/C21H21ClFN3O3/c1-21(2,3)29-20(27)19(26-28)17-11-24-18(13-6-4-5-7-15(13)23)14-10-12(22)8-9-16(14)25-17/h4-10,17,25,28H,11H2,1-3H3/b26-19+. The van der Waals surface area contributed by atoms with Crippen molar-refractivity contribution < 1.29 is 19.1 Å². The molecule has 1 heterocycles. The van der Waals surface area contributed by atoms with Crippen LogP contribution in [0.4, 0.5) is 10.1 Å². The van der Waals surface area contributed by atoms with E-state index < -0.39 is 23.4 Å². The van der Waals surface area contributed by atoms with Gasteiger partial charge >= 0.3 is 5.97 Å². The van der Waals surface area contributed by atoms with Crippen LogP contribution in [-0.2, 0) is 9.53 Å². The molecule has 29 heavy (non-hydrogen) atoms. The van der Waals surface area contributed by atoms with E-state index in [2.05, 4.69) is 15.5 Å². The molecule has 0 aliphatic carbocycles. The molecule has 8 heteroatoms. The van der Waals surface area contributed by atoms with Crippen LogP contribution in [0.5, 0.6) is 0 Å². The first-order valence-electron chi connectivity index (χ1n) is 9.00. The van der Waals surface area contributed by atoms with E-state index in [4.69, 9.17) is 16.3 Å². The molecular formula is C21H21ClFN3O3. The van der Waals surface area contributed by atoms with Crippen LogP contribution in [0, 0.1) is 5.82 Å². The molecule has 1 aliphatic rings. The van der Waals surface area contributed by atoms with Crippen molar-refractivity contribution in [2.75, 3.05) is 11.9 Å². The van der Waals surface area contributed by atoms with Gasteiger partial charge in [-0.2, -0.15) is 0 Å². The molecule has 6 nitrogen and oxygen atoms in total. The second-order valence-electron chi connectivity index (χ2n) is 7.54. The van der Waals surface area contributed by atoms with Crippen LogP contribution in [-0.4, -0.2) is 40.8 Å². The summed E-state index contributed by atoms with van der Waals surface area (Å²) >= 11 is 6.16. The molecule has 152 valence electrons. The predicted molar refractivity (Wildman–Crippen MR) is 111 cm³/mol. The van der Waals surface area contributed by atoms with Crippen LogP contribution >= 0.6 is 11.6 Å². The average molecular weight is 418 g/mol. The third-order valence-corrected chi connectivity index (χ3v) is 4.41. The van der Waals surface area contributed by atoms with Crippen molar-refractivity contribution in [1.82, 2.24) is 0 Å². The Hall–Kier alpha value is -2.93. The molecule has 0 radical (unpaired) electrons. The Labute approximate surface area is 173 Å². The number of anilines is 1. The molecule has 0 fully saturated rings. The van der Waals surface area contributed by atoms with Crippen molar-refractivity contribution >= 4 is 34.7 Å². The van der Waals surface area contributed by atoms with E-state index in [-0.39, 0.29) is 12.3 Å². The molecule has 0 spiro atoms. The SMILES string of the molecule is CC(C)(C)OC(=O)/C(=N/O)C1CN=C(c2ccccc2F)c2cc(Cl)ccc2N1. The van der Waals surface area contributed by atoms with Gasteiger partial charge in [-0.25, -0.2) is 9.18 Å².